The number of benzene rings is 6. The number of rotatable bonds is 6. The van der Waals surface area contributed by atoms with Crippen molar-refractivity contribution in [3.63, 3.8) is 0 Å². The number of fused-ring (bicyclic) bond motifs is 5. The van der Waals surface area contributed by atoms with Gasteiger partial charge in [-0.15, -0.1) is 0 Å². The molecule has 2 atom stereocenters. The van der Waals surface area contributed by atoms with E-state index in [-0.39, 0.29) is 5.41 Å². The van der Waals surface area contributed by atoms with Crippen molar-refractivity contribution in [2.75, 3.05) is 0 Å². The van der Waals surface area contributed by atoms with Crippen LogP contribution in [0.3, 0.4) is 0 Å². The lowest BCUT2D eigenvalue weighted by atomic mass is 9.67. The highest BCUT2D eigenvalue weighted by Gasteiger charge is 2.47. The number of para-hydroxylation sites is 2. The van der Waals surface area contributed by atoms with Crippen molar-refractivity contribution >= 4 is 0 Å². The number of allylic oxidation sites excluding steroid dienone is 5. The summed E-state index contributed by atoms with van der Waals surface area (Å²) in [4.78, 5) is 0. The fourth-order valence-electron chi connectivity index (χ4n) is 8.11. The zero-order chi connectivity index (χ0) is 32.0. The number of hydrogen-bond donors (Lipinski definition) is 0. The normalized spacial score (nSPS) is 19.3. The maximum absolute atomic E-state index is 6.85. The van der Waals surface area contributed by atoms with Gasteiger partial charge in [-0.3, -0.25) is 0 Å². The zero-order valence-corrected chi connectivity index (χ0v) is 26.8. The second-order valence-corrected chi connectivity index (χ2v) is 12.5. The van der Waals surface area contributed by atoms with Gasteiger partial charge in [0.1, 0.15) is 11.5 Å². The minimum atomic E-state index is -0.461. The lowest BCUT2D eigenvalue weighted by molar-refractivity contribution is 0.429. The second-order valence-electron chi connectivity index (χ2n) is 12.5. The molecule has 6 aromatic rings. The van der Waals surface area contributed by atoms with E-state index in [1.165, 1.54) is 50.1 Å². The predicted molar refractivity (Wildman–Crippen MR) is 195 cm³/mol. The van der Waals surface area contributed by atoms with Crippen molar-refractivity contribution in [1.82, 2.24) is 0 Å². The maximum Gasteiger partial charge on any atom is 0.139 e. The van der Waals surface area contributed by atoms with E-state index in [2.05, 4.69) is 178 Å². The molecule has 0 spiro atoms. The average Bonchev–Trinajstić information content (AvgIpc) is 3.43. The lowest BCUT2D eigenvalue weighted by Crippen LogP contribution is -2.29. The van der Waals surface area contributed by atoms with Crippen molar-refractivity contribution < 1.29 is 4.74 Å². The zero-order valence-electron chi connectivity index (χ0n) is 26.8. The van der Waals surface area contributed by atoms with Crippen LogP contribution in [0.5, 0.6) is 11.5 Å². The Morgan fingerprint density at radius 3 is 1.96 bits per heavy atom. The monoisotopic (exact) mass is 604 g/mol. The number of ether oxygens (including phenoxy) is 1. The van der Waals surface area contributed by atoms with Crippen molar-refractivity contribution in [3.05, 3.63) is 215 Å². The minimum Gasteiger partial charge on any atom is -0.456 e. The molecule has 2 aliphatic rings. The van der Waals surface area contributed by atoms with Gasteiger partial charge in [-0.2, -0.15) is 0 Å². The van der Waals surface area contributed by atoms with E-state index in [0.717, 1.165) is 22.6 Å². The molecular weight excluding hydrogens is 569 g/mol. The summed E-state index contributed by atoms with van der Waals surface area (Å²) in [5.41, 5.74) is 12.5. The summed E-state index contributed by atoms with van der Waals surface area (Å²) in [6.45, 7) is 8.44. The van der Waals surface area contributed by atoms with Crippen molar-refractivity contribution in [2.45, 2.75) is 24.7 Å². The third kappa shape index (κ3) is 4.16. The SMILES string of the molecule is C=C/C=C\C(=C/C)C1(c2ccccc2)c2ccccc2-c2cc(-c3cccc4c3Oc3ccccc3C4(C)c3ccccc3)ccc21. The van der Waals surface area contributed by atoms with E-state index in [0.29, 0.717) is 0 Å². The molecule has 0 fully saturated rings. The molecule has 1 aliphatic carbocycles. The van der Waals surface area contributed by atoms with Crippen LogP contribution in [-0.4, -0.2) is 0 Å². The first kappa shape index (κ1) is 28.8. The largest absolute Gasteiger partial charge is 0.456 e. The highest BCUT2D eigenvalue weighted by molar-refractivity contribution is 5.90. The Kier molecular flexibility index (Phi) is 6.92. The van der Waals surface area contributed by atoms with Crippen LogP contribution in [0.4, 0.5) is 0 Å². The van der Waals surface area contributed by atoms with E-state index in [4.69, 9.17) is 4.74 Å². The van der Waals surface area contributed by atoms with E-state index >= 15 is 0 Å². The number of hydrogen-bond acceptors (Lipinski definition) is 1. The third-order valence-electron chi connectivity index (χ3n) is 10.3. The first-order valence-electron chi connectivity index (χ1n) is 16.3. The summed E-state index contributed by atoms with van der Waals surface area (Å²) in [5.74, 6) is 1.82. The summed E-state index contributed by atoms with van der Waals surface area (Å²) in [6, 6.07) is 52.7. The minimum absolute atomic E-state index is 0.369. The fraction of sp³-hybridized carbons (Fsp3) is 0.0870. The van der Waals surface area contributed by atoms with Gasteiger partial charge >= 0.3 is 0 Å². The first-order chi connectivity index (χ1) is 23.1. The molecule has 226 valence electrons. The molecule has 1 heteroatoms. The molecule has 2 unspecified atom stereocenters. The maximum atomic E-state index is 6.85. The summed E-state index contributed by atoms with van der Waals surface area (Å²) in [5, 5.41) is 0. The molecule has 1 aliphatic heterocycles. The smallest absolute Gasteiger partial charge is 0.139 e. The van der Waals surface area contributed by atoms with Gasteiger partial charge in [0.2, 0.25) is 0 Å². The van der Waals surface area contributed by atoms with Crippen LogP contribution in [0.2, 0.25) is 0 Å². The van der Waals surface area contributed by atoms with Crippen LogP contribution in [0, 0.1) is 0 Å². The van der Waals surface area contributed by atoms with Crippen molar-refractivity contribution in [3.8, 4) is 33.8 Å². The highest BCUT2D eigenvalue weighted by atomic mass is 16.5. The van der Waals surface area contributed by atoms with Gasteiger partial charge in [-0.25, -0.2) is 0 Å². The molecule has 47 heavy (non-hydrogen) atoms. The van der Waals surface area contributed by atoms with E-state index in [1.54, 1.807) is 0 Å². The van der Waals surface area contributed by atoms with Gasteiger partial charge in [0.15, 0.2) is 0 Å². The Bertz CT molecular complexity index is 2200. The molecule has 8 rings (SSSR count). The molecular formula is C46H36O. The molecule has 1 nitrogen and oxygen atoms in total. The first-order valence-corrected chi connectivity index (χ1v) is 16.3. The van der Waals surface area contributed by atoms with Gasteiger partial charge in [0.05, 0.1) is 5.41 Å². The Hall–Kier alpha value is -5.66. The Morgan fingerprint density at radius 2 is 1.21 bits per heavy atom. The molecule has 1 heterocycles. The molecule has 0 saturated carbocycles. The third-order valence-corrected chi connectivity index (χ3v) is 10.3. The predicted octanol–water partition coefficient (Wildman–Crippen LogP) is 11.8. The Morgan fingerprint density at radius 1 is 0.596 bits per heavy atom. The summed E-state index contributed by atoms with van der Waals surface area (Å²) >= 11 is 0. The lowest BCUT2D eigenvalue weighted by Gasteiger charge is -2.39. The van der Waals surface area contributed by atoms with Gasteiger partial charge < -0.3 is 4.74 Å². The van der Waals surface area contributed by atoms with Crippen molar-refractivity contribution in [2.24, 2.45) is 0 Å². The summed E-state index contributed by atoms with van der Waals surface area (Å²) in [6.07, 6.45) is 8.36. The summed E-state index contributed by atoms with van der Waals surface area (Å²) in [7, 11) is 0. The van der Waals surface area contributed by atoms with Crippen LogP contribution >= 0.6 is 0 Å². The van der Waals surface area contributed by atoms with Gasteiger partial charge in [-0.05, 0) is 70.5 Å². The van der Waals surface area contributed by atoms with Crippen LogP contribution in [0.1, 0.15) is 47.2 Å². The van der Waals surface area contributed by atoms with Crippen LogP contribution < -0.4 is 4.74 Å². The van der Waals surface area contributed by atoms with Crippen LogP contribution in [0.15, 0.2) is 182 Å². The van der Waals surface area contributed by atoms with Crippen LogP contribution in [0.25, 0.3) is 22.3 Å². The quantitative estimate of drug-likeness (QED) is 0.172. The standard InChI is InChI=1S/C46H36O/c1-4-6-18-33(5-2)46(35-21-11-8-12-22-35)39-25-14-13-23-37(39)38-31-32(29-30-40(38)46)36-24-17-27-42-44(36)47-43-28-16-15-26-41(43)45(42,3)34-19-9-7-10-20-34/h4-31H,1H2,2-3H3/b18-6-,33-5+. The average molecular weight is 605 g/mol. The van der Waals surface area contributed by atoms with E-state index in [9.17, 15) is 0 Å². The van der Waals surface area contributed by atoms with Gasteiger partial charge in [0.25, 0.3) is 0 Å². The van der Waals surface area contributed by atoms with Gasteiger partial charge in [-0.1, -0.05) is 164 Å². The molecule has 6 aromatic carbocycles. The Labute approximate surface area is 277 Å². The fourth-order valence-corrected chi connectivity index (χ4v) is 8.11. The van der Waals surface area contributed by atoms with E-state index in [1.807, 2.05) is 12.2 Å². The molecule has 0 N–H and O–H groups in total. The van der Waals surface area contributed by atoms with E-state index < -0.39 is 5.41 Å². The summed E-state index contributed by atoms with van der Waals surface area (Å²) < 4.78 is 6.85. The molecule has 0 amide bonds. The Balaban J connectivity index is 1.38. The molecule has 0 bridgehead atoms. The second kappa shape index (κ2) is 11.3. The van der Waals surface area contributed by atoms with Gasteiger partial charge in [0, 0.05) is 22.1 Å². The topological polar surface area (TPSA) is 9.23 Å². The highest BCUT2D eigenvalue weighted by Crippen LogP contribution is 2.58. The molecule has 0 aromatic heterocycles. The molecule has 0 saturated heterocycles. The molecule has 0 radical (unpaired) electrons. The van der Waals surface area contributed by atoms with Crippen LogP contribution in [-0.2, 0) is 10.8 Å². The van der Waals surface area contributed by atoms with Crippen molar-refractivity contribution in [1.29, 1.82) is 0 Å².